The molecule has 0 rings (SSSR count). The van der Waals surface area contributed by atoms with Crippen molar-refractivity contribution in [1.29, 1.82) is 0 Å². The molecule has 0 saturated carbocycles. The Bertz CT molecular complexity index is 8.00. The van der Waals surface area contributed by atoms with E-state index >= 15 is 0 Å². The third-order valence-electron chi connectivity index (χ3n) is 0. The Hall–Kier alpha value is 2.31. The zero-order valence-electron chi connectivity index (χ0n) is 2.02. The van der Waals surface area contributed by atoms with Crippen LogP contribution in [0.1, 0.15) is 0 Å². The van der Waals surface area contributed by atoms with Crippen molar-refractivity contribution >= 4 is 13.5 Å². The second-order valence-electron chi connectivity index (χ2n) is 0. The van der Waals surface area contributed by atoms with Gasteiger partial charge in [-0.1, -0.05) is 0 Å². The van der Waals surface area contributed by atoms with Crippen molar-refractivity contribution < 1.29 is 66.7 Å². The van der Waals surface area contributed by atoms with Gasteiger partial charge in [0.1, 0.15) is 0 Å². The largest absolute Gasteiger partial charge is 3.00 e. The molecular formula is CeOSZn+. The molecule has 4 heavy (non-hydrogen) atoms. The number of hydrogen-bond acceptors (Lipinski definition) is 0. The minimum absolute atomic E-state index is 0. The van der Waals surface area contributed by atoms with Crippen LogP contribution in [0.2, 0.25) is 0 Å². The van der Waals surface area contributed by atoms with E-state index < -0.39 is 0 Å². The second kappa shape index (κ2) is 18.5. The molecule has 0 aliphatic heterocycles. The van der Waals surface area contributed by atoms with Gasteiger partial charge in [0.25, 0.3) is 0 Å². The van der Waals surface area contributed by atoms with Crippen LogP contribution in [-0.4, -0.2) is 0 Å². The van der Waals surface area contributed by atoms with Gasteiger partial charge in [-0.05, 0) is 0 Å². The summed E-state index contributed by atoms with van der Waals surface area (Å²) in [4.78, 5) is 0. The molecule has 0 bridgehead atoms. The van der Waals surface area contributed by atoms with E-state index in [4.69, 9.17) is 0 Å². The molecule has 0 aliphatic rings. The monoisotopic (exact) mass is 252 g/mol. The van der Waals surface area contributed by atoms with Crippen LogP contribution in [0.25, 0.3) is 0 Å². The van der Waals surface area contributed by atoms with Crippen LogP contribution in [0.3, 0.4) is 0 Å². The molecule has 0 aromatic rings. The Morgan fingerprint density at radius 1 is 1.00 bits per heavy atom. The summed E-state index contributed by atoms with van der Waals surface area (Å²) in [7, 11) is 0. The maximum Gasteiger partial charge on any atom is 3.00 e. The Morgan fingerprint density at radius 3 is 1.00 bits per heavy atom. The van der Waals surface area contributed by atoms with E-state index in [0.29, 0.717) is 0 Å². The fourth-order valence-corrected chi connectivity index (χ4v) is 0. The summed E-state index contributed by atoms with van der Waals surface area (Å²) >= 11 is 0. The number of hydrogen-bond donors (Lipinski definition) is 0. The molecule has 1 nitrogen and oxygen atoms in total. The van der Waals surface area contributed by atoms with Gasteiger partial charge < -0.3 is 19.0 Å². The summed E-state index contributed by atoms with van der Waals surface area (Å²) < 4.78 is 0. The van der Waals surface area contributed by atoms with E-state index in [1.807, 2.05) is 0 Å². The summed E-state index contributed by atoms with van der Waals surface area (Å²) in [6.45, 7) is 0. The summed E-state index contributed by atoms with van der Waals surface area (Å²) in [5, 5.41) is 0. The zero-order valence-corrected chi connectivity index (χ0v) is 8.95. The Morgan fingerprint density at radius 2 is 1.00 bits per heavy atom. The fraction of sp³-hybridized carbons (Fsp3) is 0. The molecule has 0 unspecified atom stereocenters. The van der Waals surface area contributed by atoms with E-state index in [-0.39, 0.29) is 80.2 Å². The molecule has 17 valence electrons. The van der Waals surface area contributed by atoms with Crippen molar-refractivity contribution in [2.24, 2.45) is 0 Å². The summed E-state index contributed by atoms with van der Waals surface area (Å²) in [5.74, 6) is 0. The quantitative estimate of drug-likeness (QED) is 0.539. The molecular weight excluding hydrogens is 254 g/mol. The van der Waals surface area contributed by atoms with E-state index in [0.717, 1.165) is 0 Å². The summed E-state index contributed by atoms with van der Waals surface area (Å²) in [5.41, 5.74) is 0. The molecule has 4 heteroatoms. The Kier molecular flexibility index (Phi) is 154. The molecule has 0 aromatic heterocycles. The van der Waals surface area contributed by atoms with Crippen LogP contribution < -0.4 is 0 Å². The van der Waals surface area contributed by atoms with Crippen molar-refractivity contribution in [3.8, 4) is 0 Å². The first-order valence-corrected chi connectivity index (χ1v) is 0. The van der Waals surface area contributed by atoms with Crippen molar-refractivity contribution in [3.63, 3.8) is 0 Å². The molecule has 0 aromatic carbocycles. The Labute approximate surface area is 78.8 Å². The van der Waals surface area contributed by atoms with Crippen LogP contribution >= 0.6 is 0 Å². The van der Waals surface area contributed by atoms with Gasteiger partial charge in [-0.2, -0.15) is 0 Å². The first-order chi connectivity index (χ1) is 0. The average molecular weight is 254 g/mol. The molecule has 0 N–H and O–H groups in total. The minimum atomic E-state index is 0. The first-order valence-electron chi connectivity index (χ1n) is 0. The van der Waals surface area contributed by atoms with Crippen LogP contribution in [-0.2, 0) is 38.4 Å². The SMILES string of the molecule is [Ce+3].[O-2].[S-2].[Zn+2]. The first kappa shape index (κ1) is 33.3. The van der Waals surface area contributed by atoms with Crippen molar-refractivity contribution in [1.82, 2.24) is 0 Å². The van der Waals surface area contributed by atoms with Crippen LogP contribution in [0.15, 0.2) is 0 Å². The summed E-state index contributed by atoms with van der Waals surface area (Å²) in [6, 6.07) is 0. The van der Waals surface area contributed by atoms with Gasteiger partial charge in [0.15, 0.2) is 0 Å². The topological polar surface area (TPSA) is 28.5 Å². The molecule has 0 saturated heterocycles. The average Bonchev–Trinajstić information content (AvgIpc) is 0. The van der Waals surface area contributed by atoms with Crippen LogP contribution in [0, 0.1) is 41.7 Å². The van der Waals surface area contributed by atoms with E-state index in [9.17, 15) is 0 Å². The van der Waals surface area contributed by atoms with Gasteiger partial charge in [0.05, 0.1) is 0 Å². The Balaban J connectivity index is 0. The van der Waals surface area contributed by atoms with E-state index in [1.54, 1.807) is 0 Å². The maximum atomic E-state index is 0. The molecule has 0 fully saturated rings. The normalized spacial score (nSPS) is 0. The van der Waals surface area contributed by atoms with E-state index in [1.165, 1.54) is 0 Å². The van der Waals surface area contributed by atoms with Crippen molar-refractivity contribution in [3.05, 3.63) is 0 Å². The van der Waals surface area contributed by atoms with Crippen LogP contribution in [0.4, 0.5) is 0 Å². The predicted molar refractivity (Wildman–Crippen MR) is 8.05 cm³/mol. The van der Waals surface area contributed by atoms with E-state index in [2.05, 4.69) is 0 Å². The third kappa shape index (κ3) is 8.85. The fourth-order valence-electron chi connectivity index (χ4n) is 0. The second-order valence-corrected chi connectivity index (χ2v) is 0. The molecule has 0 amide bonds. The van der Waals surface area contributed by atoms with Gasteiger partial charge in [0, 0.05) is 0 Å². The standard InChI is InChI=1S/Ce.O.S.Zn/q+3;2*-2;+2. The van der Waals surface area contributed by atoms with Gasteiger partial charge in [-0.15, -0.1) is 0 Å². The summed E-state index contributed by atoms with van der Waals surface area (Å²) in [6.07, 6.45) is 0. The molecule has 0 heterocycles. The minimum Gasteiger partial charge on any atom is -2.00 e. The van der Waals surface area contributed by atoms with Gasteiger partial charge in [-0.25, -0.2) is 0 Å². The van der Waals surface area contributed by atoms with Gasteiger partial charge in [0.2, 0.25) is 0 Å². The van der Waals surface area contributed by atoms with Crippen LogP contribution in [0.5, 0.6) is 0 Å². The smallest absolute Gasteiger partial charge is 2.00 e. The molecule has 0 atom stereocenters. The molecule has 1 radical (unpaired) electrons. The zero-order chi connectivity index (χ0) is 0. The third-order valence-corrected chi connectivity index (χ3v) is 0. The maximum absolute atomic E-state index is 0. The number of rotatable bonds is 0. The predicted octanol–water partition coefficient (Wildman–Crippen LogP) is -0.124. The molecule has 0 aliphatic carbocycles. The van der Waals surface area contributed by atoms with Gasteiger partial charge in [-0.3, -0.25) is 0 Å². The van der Waals surface area contributed by atoms with Crippen molar-refractivity contribution in [2.45, 2.75) is 0 Å². The van der Waals surface area contributed by atoms with Crippen molar-refractivity contribution in [2.75, 3.05) is 0 Å². The molecule has 0 spiro atoms. The van der Waals surface area contributed by atoms with Gasteiger partial charge >= 0.3 is 61.2 Å².